The minimum Gasteiger partial charge on any atom is -0.497 e. The van der Waals surface area contributed by atoms with Crippen LogP contribution in [-0.4, -0.2) is 13.2 Å². The maximum absolute atomic E-state index is 5.30. The summed E-state index contributed by atoms with van der Waals surface area (Å²) in [5.74, 6) is 1.89. The standard InChI is InChI=1S/C16H21NO2/c1-13(17-12-16-4-3-11-19-16)5-6-14-7-9-15(18-2)10-8-14/h3-4,7-11,13,17H,5-6,12H2,1-2H3. The Hall–Kier alpha value is -1.74. The van der Waals surface area contributed by atoms with E-state index in [1.807, 2.05) is 24.3 Å². The molecule has 0 bridgehead atoms. The number of aryl methyl sites for hydroxylation is 1. The lowest BCUT2D eigenvalue weighted by atomic mass is 10.1. The van der Waals surface area contributed by atoms with Crippen molar-refractivity contribution in [2.75, 3.05) is 7.11 Å². The van der Waals surface area contributed by atoms with Crippen LogP contribution in [0.4, 0.5) is 0 Å². The van der Waals surface area contributed by atoms with E-state index >= 15 is 0 Å². The van der Waals surface area contributed by atoms with Crippen LogP contribution in [0.5, 0.6) is 5.75 Å². The quantitative estimate of drug-likeness (QED) is 0.827. The van der Waals surface area contributed by atoms with E-state index in [9.17, 15) is 0 Å². The van der Waals surface area contributed by atoms with Gasteiger partial charge in [0.05, 0.1) is 19.9 Å². The van der Waals surface area contributed by atoms with Crippen LogP contribution in [0, 0.1) is 0 Å². The lowest BCUT2D eigenvalue weighted by molar-refractivity contribution is 0.414. The molecule has 1 aromatic carbocycles. The third kappa shape index (κ3) is 4.45. The van der Waals surface area contributed by atoms with Gasteiger partial charge in [-0.25, -0.2) is 0 Å². The van der Waals surface area contributed by atoms with E-state index in [4.69, 9.17) is 9.15 Å². The molecule has 0 saturated heterocycles. The van der Waals surface area contributed by atoms with Crippen LogP contribution in [0.2, 0.25) is 0 Å². The summed E-state index contributed by atoms with van der Waals surface area (Å²) in [7, 11) is 1.69. The number of rotatable bonds is 7. The largest absolute Gasteiger partial charge is 0.497 e. The average molecular weight is 259 g/mol. The van der Waals surface area contributed by atoms with Gasteiger partial charge >= 0.3 is 0 Å². The first-order valence-corrected chi connectivity index (χ1v) is 6.66. The number of hydrogen-bond acceptors (Lipinski definition) is 3. The summed E-state index contributed by atoms with van der Waals surface area (Å²) >= 11 is 0. The zero-order valence-corrected chi connectivity index (χ0v) is 11.6. The molecule has 0 saturated carbocycles. The first-order valence-electron chi connectivity index (χ1n) is 6.66. The molecule has 1 heterocycles. The highest BCUT2D eigenvalue weighted by atomic mass is 16.5. The Bertz CT molecular complexity index is 462. The Kier molecular flexibility index (Phi) is 5.04. The average Bonchev–Trinajstić information content (AvgIpc) is 2.96. The Morgan fingerprint density at radius 3 is 2.63 bits per heavy atom. The van der Waals surface area contributed by atoms with E-state index in [1.54, 1.807) is 13.4 Å². The highest BCUT2D eigenvalue weighted by molar-refractivity contribution is 5.27. The number of benzene rings is 1. The van der Waals surface area contributed by atoms with Gasteiger partial charge in [-0.15, -0.1) is 0 Å². The van der Waals surface area contributed by atoms with Gasteiger partial charge in [0, 0.05) is 6.04 Å². The molecule has 0 aliphatic carbocycles. The molecule has 0 aliphatic heterocycles. The summed E-state index contributed by atoms with van der Waals surface area (Å²) in [6, 6.07) is 12.6. The van der Waals surface area contributed by atoms with Crippen molar-refractivity contribution in [3.05, 3.63) is 54.0 Å². The van der Waals surface area contributed by atoms with Crippen LogP contribution >= 0.6 is 0 Å². The van der Waals surface area contributed by atoms with Crippen molar-refractivity contribution in [2.24, 2.45) is 0 Å². The van der Waals surface area contributed by atoms with E-state index in [-0.39, 0.29) is 0 Å². The number of ether oxygens (including phenoxy) is 1. The van der Waals surface area contributed by atoms with E-state index in [0.29, 0.717) is 6.04 Å². The molecule has 0 amide bonds. The fraction of sp³-hybridized carbons (Fsp3) is 0.375. The molecule has 1 N–H and O–H groups in total. The molecular formula is C16H21NO2. The van der Waals surface area contributed by atoms with Crippen LogP contribution in [0.15, 0.2) is 47.1 Å². The van der Waals surface area contributed by atoms with Gasteiger partial charge in [0.25, 0.3) is 0 Å². The van der Waals surface area contributed by atoms with Crippen LogP contribution in [0.3, 0.4) is 0 Å². The van der Waals surface area contributed by atoms with E-state index in [0.717, 1.165) is 30.9 Å². The number of nitrogens with one attached hydrogen (secondary N) is 1. The van der Waals surface area contributed by atoms with E-state index < -0.39 is 0 Å². The highest BCUT2D eigenvalue weighted by Gasteiger charge is 2.03. The Labute approximate surface area is 114 Å². The second kappa shape index (κ2) is 7.00. The van der Waals surface area contributed by atoms with Crippen molar-refractivity contribution in [3.8, 4) is 5.75 Å². The monoisotopic (exact) mass is 259 g/mol. The fourth-order valence-corrected chi connectivity index (χ4v) is 1.97. The second-order valence-corrected chi connectivity index (χ2v) is 4.75. The van der Waals surface area contributed by atoms with Gasteiger partial charge in [-0.2, -0.15) is 0 Å². The predicted molar refractivity (Wildman–Crippen MR) is 76.3 cm³/mol. The molecular weight excluding hydrogens is 238 g/mol. The summed E-state index contributed by atoms with van der Waals surface area (Å²) in [6.45, 7) is 2.99. The van der Waals surface area contributed by atoms with E-state index in [2.05, 4.69) is 24.4 Å². The number of methoxy groups -OCH3 is 1. The summed E-state index contributed by atoms with van der Waals surface area (Å²) in [5, 5.41) is 3.46. The highest BCUT2D eigenvalue weighted by Crippen LogP contribution is 2.13. The molecule has 0 radical (unpaired) electrons. The minimum absolute atomic E-state index is 0.465. The van der Waals surface area contributed by atoms with Gasteiger partial charge < -0.3 is 14.5 Å². The third-order valence-corrected chi connectivity index (χ3v) is 3.23. The van der Waals surface area contributed by atoms with Gasteiger partial charge in [0.2, 0.25) is 0 Å². The van der Waals surface area contributed by atoms with Crippen LogP contribution in [-0.2, 0) is 13.0 Å². The first kappa shape index (κ1) is 13.7. The van der Waals surface area contributed by atoms with Crippen molar-refractivity contribution < 1.29 is 9.15 Å². The summed E-state index contributed by atoms with van der Waals surface area (Å²) in [6.07, 6.45) is 3.88. The van der Waals surface area contributed by atoms with Crippen LogP contribution < -0.4 is 10.1 Å². The van der Waals surface area contributed by atoms with Crippen molar-refractivity contribution in [1.29, 1.82) is 0 Å². The summed E-state index contributed by atoms with van der Waals surface area (Å²) in [4.78, 5) is 0. The molecule has 2 aromatic rings. The molecule has 1 atom stereocenters. The molecule has 0 spiro atoms. The SMILES string of the molecule is COc1ccc(CCC(C)NCc2ccco2)cc1. The van der Waals surface area contributed by atoms with Gasteiger partial charge in [-0.3, -0.25) is 0 Å². The van der Waals surface area contributed by atoms with Gasteiger partial charge in [-0.1, -0.05) is 12.1 Å². The first-order chi connectivity index (χ1) is 9.28. The van der Waals surface area contributed by atoms with Gasteiger partial charge in [0.15, 0.2) is 0 Å². The zero-order valence-electron chi connectivity index (χ0n) is 11.6. The van der Waals surface area contributed by atoms with E-state index in [1.165, 1.54) is 5.56 Å². The fourth-order valence-electron chi connectivity index (χ4n) is 1.97. The maximum Gasteiger partial charge on any atom is 0.118 e. The Balaban J connectivity index is 1.71. The predicted octanol–water partition coefficient (Wildman–Crippen LogP) is 3.40. The zero-order chi connectivity index (χ0) is 13.5. The third-order valence-electron chi connectivity index (χ3n) is 3.23. The Morgan fingerprint density at radius 1 is 1.21 bits per heavy atom. The Morgan fingerprint density at radius 2 is 2.00 bits per heavy atom. The number of hydrogen-bond donors (Lipinski definition) is 1. The lowest BCUT2D eigenvalue weighted by Gasteiger charge is -2.12. The minimum atomic E-state index is 0.465. The van der Waals surface area contributed by atoms with Crippen LogP contribution in [0.1, 0.15) is 24.7 Å². The molecule has 0 aliphatic rings. The normalized spacial score (nSPS) is 12.3. The van der Waals surface area contributed by atoms with Crippen molar-refractivity contribution in [3.63, 3.8) is 0 Å². The van der Waals surface area contributed by atoms with Crippen molar-refractivity contribution in [1.82, 2.24) is 5.32 Å². The van der Waals surface area contributed by atoms with Crippen molar-refractivity contribution >= 4 is 0 Å². The number of furan rings is 1. The van der Waals surface area contributed by atoms with Crippen LogP contribution in [0.25, 0.3) is 0 Å². The molecule has 0 fully saturated rings. The van der Waals surface area contributed by atoms with Gasteiger partial charge in [-0.05, 0) is 49.6 Å². The topological polar surface area (TPSA) is 34.4 Å². The summed E-state index contributed by atoms with van der Waals surface area (Å²) in [5.41, 5.74) is 1.34. The second-order valence-electron chi connectivity index (χ2n) is 4.75. The molecule has 1 aromatic heterocycles. The molecule has 2 rings (SSSR count). The molecule has 3 heteroatoms. The maximum atomic E-state index is 5.30. The summed E-state index contributed by atoms with van der Waals surface area (Å²) < 4.78 is 10.4. The molecule has 19 heavy (non-hydrogen) atoms. The molecule has 1 unspecified atom stereocenters. The van der Waals surface area contributed by atoms with Gasteiger partial charge in [0.1, 0.15) is 11.5 Å². The van der Waals surface area contributed by atoms with Crippen molar-refractivity contribution in [2.45, 2.75) is 32.4 Å². The lowest BCUT2D eigenvalue weighted by Crippen LogP contribution is -2.25. The molecule has 102 valence electrons. The smallest absolute Gasteiger partial charge is 0.118 e. The molecule has 3 nitrogen and oxygen atoms in total.